The Morgan fingerprint density at radius 3 is 2.38 bits per heavy atom. The summed E-state index contributed by atoms with van der Waals surface area (Å²) in [5.41, 5.74) is 0.426. The number of aromatic nitrogens is 4. The monoisotopic (exact) mass is 362 g/mol. The standard InChI is InChI=1S/C18H17F3N4O/c1-26-17-15(14-12(20)7-11(19)8-13(14)21)16(10-5-3-2-4-6-10)25-18(24-17)22-9-23-25/h7-10H,2-6H2,1H3. The van der Waals surface area contributed by atoms with Crippen molar-refractivity contribution < 1.29 is 17.9 Å². The fourth-order valence-electron chi connectivity index (χ4n) is 3.76. The van der Waals surface area contributed by atoms with E-state index >= 15 is 0 Å². The van der Waals surface area contributed by atoms with Crippen LogP contribution >= 0.6 is 0 Å². The maximum atomic E-state index is 14.6. The van der Waals surface area contributed by atoms with Crippen LogP contribution in [0.5, 0.6) is 5.88 Å². The highest BCUT2D eigenvalue weighted by molar-refractivity contribution is 5.74. The largest absolute Gasteiger partial charge is 0.480 e. The summed E-state index contributed by atoms with van der Waals surface area (Å²) in [6.07, 6.45) is 6.21. The molecule has 0 unspecified atom stereocenters. The fourth-order valence-corrected chi connectivity index (χ4v) is 3.76. The van der Waals surface area contributed by atoms with Crippen LogP contribution in [0.1, 0.15) is 43.7 Å². The first-order valence-corrected chi connectivity index (χ1v) is 8.52. The first-order chi connectivity index (χ1) is 12.6. The van der Waals surface area contributed by atoms with E-state index in [1.54, 1.807) is 0 Å². The molecule has 0 aliphatic heterocycles. The van der Waals surface area contributed by atoms with E-state index in [2.05, 4.69) is 15.1 Å². The summed E-state index contributed by atoms with van der Waals surface area (Å²) in [5, 5.41) is 4.20. The minimum absolute atomic E-state index is 0.0312. The molecular weight excluding hydrogens is 345 g/mol. The number of rotatable bonds is 3. The Hall–Kier alpha value is -2.64. The molecule has 4 rings (SSSR count). The second-order valence-electron chi connectivity index (χ2n) is 6.43. The second-order valence-corrected chi connectivity index (χ2v) is 6.43. The number of nitrogens with zero attached hydrogens (tertiary/aromatic N) is 4. The summed E-state index contributed by atoms with van der Waals surface area (Å²) in [7, 11) is 1.38. The molecule has 3 aromatic rings. The van der Waals surface area contributed by atoms with Gasteiger partial charge < -0.3 is 4.74 Å². The number of benzene rings is 1. The van der Waals surface area contributed by atoms with E-state index < -0.39 is 17.5 Å². The number of hydrogen-bond acceptors (Lipinski definition) is 4. The van der Waals surface area contributed by atoms with Gasteiger partial charge in [0.1, 0.15) is 23.8 Å². The smallest absolute Gasteiger partial charge is 0.255 e. The molecule has 0 N–H and O–H groups in total. The molecule has 2 heterocycles. The lowest BCUT2D eigenvalue weighted by Crippen LogP contribution is -2.15. The van der Waals surface area contributed by atoms with Gasteiger partial charge in [0.2, 0.25) is 5.88 Å². The van der Waals surface area contributed by atoms with Gasteiger partial charge in [0.15, 0.2) is 0 Å². The highest BCUT2D eigenvalue weighted by Gasteiger charge is 2.30. The van der Waals surface area contributed by atoms with Gasteiger partial charge in [0, 0.05) is 18.1 Å². The van der Waals surface area contributed by atoms with Crippen LogP contribution in [0, 0.1) is 17.5 Å². The van der Waals surface area contributed by atoms with Crippen molar-refractivity contribution in [1.82, 2.24) is 19.6 Å². The van der Waals surface area contributed by atoms with Crippen molar-refractivity contribution in [2.75, 3.05) is 7.11 Å². The van der Waals surface area contributed by atoms with Gasteiger partial charge in [-0.1, -0.05) is 19.3 Å². The van der Waals surface area contributed by atoms with Gasteiger partial charge in [-0.25, -0.2) is 17.7 Å². The molecule has 1 fully saturated rings. The summed E-state index contributed by atoms with van der Waals surface area (Å²) < 4.78 is 49.4. The zero-order chi connectivity index (χ0) is 18.3. The van der Waals surface area contributed by atoms with Gasteiger partial charge in [-0.05, 0) is 12.8 Å². The van der Waals surface area contributed by atoms with Crippen molar-refractivity contribution in [1.29, 1.82) is 0 Å². The molecule has 1 aliphatic carbocycles. The Morgan fingerprint density at radius 1 is 1.04 bits per heavy atom. The van der Waals surface area contributed by atoms with Crippen molar-refractivity contribution in [3.63, 3.8) is 0 Å². The van der Waals surface area contributed by atoms with Crippen LogP contribution in [-0.4, -0.2) is 26.7 Å². The summed E-state index contributed by atoms with van der Waals surface area (Å²) in [5.74, 6) is -2.59. The molecule has 0 radical (unpaired) electrons. The number of halogens is 3. The van der Waals surface area contributed by atoms with Crippen molar-refractivity contribution in [2.45, 2.75) is 38.0 Å². The van der Waals surface area contributed by atoms with E-state index in [0.717, 1.165) is 32.1 Å². The topological polar surface area (TPSA) is 52.3 Å². The summed E-state index contributed by atoms with van der Waals surface area (Å²) in [6.45, 7) is 0. The van der Waals surface area contributed by atoms with Crippen LogP contribution in [0.15, 0.2) is 18.5 Å². The maximum Gasteiger partial charge on any atom is 0.255 e. The van der Waals surface area contributed by atoms with Crippen LogP contribution in [0.2, 0.25) is 0 Å². The first-order valence-electron chi connectivity index (χ1n) is 8.52. The molecule has 136 valence electrons. The van der Waals surface area contributed by atoms with E-state index in [-0.39, 0.29) is 22.9 Å². The third-order valence-corrected chi connectivity index (χ3v) is 4.87. The first kappa shape index (κ1) is 16.8. The molecule has 8 heteroatoms. The van der Waals surface area contributed by atoms with Crippen LogP contribution < -0.4 is 4.74 Å². The maximum absolute atomic E-state index is 14.6. The zero-order valence-corrected chi connectivity index (χ0v) is 14.2. The van der Waals surface area contributed by atoms with E-state index in [9.17, 15) is 13.2 Å². The fraction of sp³-hybridized carbons (Fsp3) is 0.389. The predicted octanol–water partition coefficient (Wildman–Crippen LogP) is 4.26. The van der Waals surface area contributed by atoms with E-state index in [4.69, 9.17) is 4.74 Å². The molecule has 26 heavy (non-hydrogen) atoms. The lowest BCUT2D eigenvalue weighted by molar-refractivity contribution is 0.391. The lowest BCUT2D eigenvalue weighted by Gasteiger charge is -2.25. The van der Waals surface area contributed by atoms with Crippen LogP contribution in [0.25, 0.3) is 16.9 Å². The number of hydrogen-bond donors (Lipinski definition) is 0. The molecular formula is C18H17F3N4O. The Labute approximate surface area is 147 Å². The molecule has 1 aromatic carbocycles. The van der Waals surface area contributed by atoms with Gasteiger partial charge in [-0.15, -0.1) is 0 Å². The van der Waals surface area contributed by atoms with Crippen LogP contribution in [0.4, 0.5) is 13.2 Å². The number of fused-ring (bicyclic) bond motifs is 1. The number of ether oxygens (including phenoxy) is 1. The van der Waals surface area contributed by atoms with E-state index in [1.165, 1.54) is 18.0 Å². The Bertz CT molecular complexity index is 943. The predicted molar refractivity (Wildman–Crippen MR) is 88.5 cm³/mol. The van der Waals surface area contributed by atoms with Gasteiger partial charge >= 0.3 is 0 Å². The molecule has 5 nitrogen and oxygen atoms in total. The third-order valence-electron chi connectivity index (χ3n) is 4.87. The van der Waals surface area contributed by atoms with E-state index in [1.807, 2.05) is 0 Å². The van der Waals surface area contributed by atoms with Crippen molar-refractivity contribution in [3.05, 3.63) is 41.6 Å². The van der Waals surface area contributed by atoms with Gasteiger partial charge in [-0.3, -0.25) is 0 Å². The van der Waals surface area contributed by atoms with Crippen LogP contribution in [0.3, 0.4) is 0 Å². The second kappa shape index (κ2) is 6.59. The highest BCUT2D eigenvalue weighted by atomic mass is 19.1. The average Bonchev–Trinajstić information content (AvgIpc) is 3.09. The SMILES string of the molecule is COc1nc2ncnn2c(C2CCCCC2)c1-c1c(F)cc(F)cc1F. The van der Waals surface area contributed by atoms with Gasteiger partial charge in [0.25, 0.3) is 5.78 Å². The van der Waals surface area contributed by atoms with Gasteiger partial charge in [0.05, 0.1) is 23.9 Å². The van der Waals surface area contributed by atoms with Crippen LogP contribution in [-0.2, 0) is 0 Å². The molecule has 1 saturated carbocycles. The van der Waals surface area contributed by atoms with E-state index in [0.29, 0.717) is 23.6 Å². The average molecular weight is 362 g/mol. The van der Waals surface area contributed by atoms with Crippen molar-refractivity contribution in [3.8, 4) is 17.0 Å². The minimum Gasteiger partial charge on any atom is -0.480 e. The summed E-state index contributed by atoms with van der Waals surface area (Å²) in [4.78, 5) is 8.32. The highest BCUT2D eigenvalue weighted by Crippen LogP contribution is 2.43. The zero-order valence-electron chi connectivity index (χ0n) is 14.2. The lowest BCUT2D eigenvalue weighted by atomic mass is 9.83. The minimum atomic E-state index is -1.00. The van der Waals surface area contributed by atoms with Crippen molar-refractivity contribution in [2.24, 2.45) is 0 Å². The summed E-state index contributed by atoms with van der Waals surface area (Å²) >= 11 is 0. The normalized spacial score (nSPS) is 15.5. The third kappa shape index (κ3) is 2.69. The molecule has 0 spiro atoms. The molecule has 0 amide bonds. The van der Waals surface area contributed by atoms with Crippen molar-refractivity contribution >= 4 is 5.78 Å². The van der Waals surface area contributed by atoms with Gasteiger partial charge in [-0.2, -0.15) is 15.1 Å². The quantitative estimate of drug-likeness (QED) is 0.698. The summed E-state index contributed by atoms with van der Waals surface area (Å²) in [6, 6.07) is 1.32. The Balaban J connectivity index is 2.07. The Morgan fingerprint density at radius 2 is 1.73 bits per heavy atom. The molecule has 0 bridgehead atoms. The molecule has 0 atom stereocenters. The molecule has 1 aliphatic rings. The molecule has 2 aromatic heterocycles. The number of methoxy groups -OCH3 is 1. The Kier molecular flexibility index (Phi) is 4.26. The molecule has 0 saturated heterocycles.